The smallest absolute Gasteiger partial charge is 0.339 e. The SMILES string of the molecule is C[C@@H](C#N)OC(=O)c1ccc(S(=O)(=O)N2CCCCCC2)cc1. The zero-order valence-electron chi connectivity index (χ0n) is 13.1. The fourth-order valence-corrected chi connectivity index (χ4v) is 3.97. The molecule has 0 radical (unpaired) electrons. The first-order valence-corrected chi connectivity index (χ1v) is 9.10. The van der Waals surface area contributed by atoms with E-state index >= 15 is 0 Å². The van der Waals surface area contributed by atoms with Crippen molar-refractivity contribution in [2.24, 2.45) is 0 Å². The van der Waals surface area contributed by atoms with Gasteiger partial charge in [0, 0.05) is 13.1 Å². The van der Waals surface area contributed by atoms with Crippen molar-refractivity contribution in [1.29, 1.82) is 5.26 Å². The number of carbonyl (C=O) groups excluding carboxylic acids is 1. The summed E-state index contributed by atoms with van der Waals surface area (Å²) in [6, 6.07) is 7.45. The van der Waals surface area contributed by atoms with Gasteiger partial charge < -0.3 is 4.74 Å². The molecule has 0 unspecified atom stereocenters. The molecule has 1 aliphatic rings. The monoisotopic (exact) mass is 336 g/mol. The summed E-state index contributed by atoms with van der Waals surface area (Å²) in [5.41, 5.74) is 0.224. The molecule has 1 atom stereocenters. The van der Waals surface area contributed by atoms with Gasteiger partial charge in [-0.15, -0.1) is 0 Å². The first-order chi connectivity index (χ1) is 10.9. The van der Waals surface area contributed by atoms with E-state index in [0.29, 0.717) is 13.1 Å². The summed E-state index contributed by atoms with van der Waals surface area (Å²) in [6.07, 6.45) is 3.00. The van der Waals surface area contributed by atoms with Gasteiger partial charge in [0.15, 0.2) is 6.10 Å². The number of esters is 1. The van der Waals surface area contributed by atoms with Crippen LogP contribution in [0.5, 0.6) is 0 Å². The second-order valence-electron chi connectivity index (χ2n) is 5.52. The summed E-state index contributed by atoms with van der Waals surface area (Å²) >= 11 is 0. The minimum atomic E-state index is -3.53. The van der Waals surface area contributed by atoms with Crippen LogP contribution >= 0.6 is 0 Å². The number of sulfonamides is 1. The van der Waals surface area contributed by atoms with Gasteiger partial charge in [-0.2, -0.15) is 9.57 Å². The normalized spacial score (nSPS) is 17.7. The quantitative estimate of drug-likeness (QED) is 0.787. The number of carbonyl (C=O) groups is 1. The van der Waals surface area contributed by atoms with Crippen LogP contribution in [-0.4, -0.2) is 37.9 Å². The van der Waals surface area contributed by atoms with Gasteiger partial charge in [-0.1, -0.05) is 12.8 Å². The Hall–Kier alpha value is -1.91. The van der Waals surface area contributed by atoms with E-state index in [1.165, 1.54) is 35.5 Å². The molecular weight excluding hydrogens is 316 g/mol. The van der Waals surface area contributed by atoms with E-state index in [-0.39, 0.29) is 10.5 Å². The van der Waals surface area contributed by atoms with E-state index in [4.69, 9.17) is 10.00 Å². The van der Waals surface area contributed by atoms with Gasteiger partial charge in [0.2, 0.25) is 10.0 Å². The van der Waals surface area contributed by atoms with Crippen LogP contribution in [-0.2, 0) is 14.8 Å². The molecule has 1 aliphatic heterocycles. The lowest BCUT2D eigenvalue weighted by Gasteiger charge is -2.20. The van der Waals surface area contributed by atoms with Crippen molar-refractivity contribution in [3.05, 3.63) is 29.8 Å². The number of hydrogen-bond acceptors (Lipinski definition) is 5. The molecular formula is C16H20N2O4S. The van der Waals surface area contributed by atoms with Crippen LogP contribution in [0.4, 0.5) is 0 Å². The number of nitriles is 1. The maximum atomic E-state index is 12.6. The molecule has 1 aromatic rings. The Morgan fingerprint density at radius 1 is 1.17 bits per heavy atom. The zero-order valence-corrected chi connectivity index (χ0v) is 13.9. The highest BCUT2D eigenvalue weighted by Crippen LogP contribution is 2.21. The molecule has 0 amide bonds. The highest BCUT2D eigenvalue weighted by molar-refractivity contribution is 7.89. The molecule has 0 N–H and O–H groups in total. The van der Waals surface area contributed by atoms with Crippen molar-refractivity contribution in [2.75, 3.05) is 13.1 Å². The van der Waals surface area contributed by atoms with E-state index < -0.39 is 22.1 Å². The molecule has 0 saturated carbocycles. The summed E-state index contributed by atoms with van der Waals surface area (Å²) < 4.78 is 31.6. The van der Waals surface area contributed by atoms with Gasteiger partial charge in [0.1, 0.15) is 6.07 Å². The third-order valence-electron chi connectivity index (χ3n) is 3.76. The molecule has 7 heteroatoms. The van der Waals surface area contributed by atoms with Gasteiger partial charge in [-0.05, 0) is 44.0 Å². The van der Waals surface area contributed by atoms with Crippen LogP contribution in [0.2, 0.25) is 0 Å². The molecule has 0 aliphatic carbocycles. The Balaban J connectivity index is 2.15. The average Bonchev–Trinajstić information content (AvgIpc) is 2.84. The lowest BCUT2D eigenvalue weighted by molar-refractivity contribution is 0.0435. The standard InChI is InChI=1S/C16H20N2O4S/c1-13(12-17)22-16(19)14-6-8-15(9-7-14)23(20,21)18-10-4-2-3-5-11-18/h6-9,13H,2-5,10-11H2,1H3/t13-/m0/s1. The number of nitrogens with zero attached hydrogens (tertiary/aromatic N) is 2. The van der Waals surface area contributed by atoms with Crippen molar-refractivity contribution < 1.29 is 17.9 Å². The number of benzene rings is 1. The highest BCUT2D eigenvalue weighted by atomic mass is 32.2. The molecule has 0 spiro atoms. The van der Waals surface area contributed by atoms with Gasteiger partial charge in [-0.25, -0.2) is 13.2 Å². The molecule has 1 aromatic carbocycles. The van der Waals surface area contributed by atoms with Crippen molar-refractivity contribution in [3.63, 3.8) is 0 Å². The third-order valence-corrected chi connectivity index (χ3v) is 5.67. The van der Waals surface area contributed by atoms with E-state index in [2.05, 4.69) is 0 Å². The van der Waals surface area contributed by atoms with Crippen LogP contribution in [0.15, 0.2) is 29.2 Å². The number of hydrogen-bond donors (Lipinski definition) is 0. The minimum absolute atomic E-state index is 0.171. The van der Waals surface area contributed by atoms with Crippen LogP contribution in [0, 0.1) is 11.3 Å². The molecule has 124 valence electrons. The molecule has 2 rings (SSSR count). The Morgan fingerprint density at radius 2 is 1.74 bits per heavy atom. The van der Waals surface area contributed by atoms with E-state index in [0.717, 1.165) is 25.7 Å². The van der Waals surface area contributed by atoms with Crippen LogP contribution in [0.25, 0.3) is 0 Å². The van der Waals surface area contributed by atoms with Crippen molar-refractivity contribution in [3.8, 4) is 6.07 Å². The lowest BCUT2D eigenvalue weighted by Crippen LogP contribution is -2.31. The fourth-order valence-electron chi connectivity index (χ4n) is 2.45. The fraction of sp³-hybridized carbons (Fsp3) is 0.500. The summed E-state index contributed by atoms with van der Waals surface area (Å²) in [4.78, 5) is 12.0. The number of rotatable bonds is 4. The van der Waals surface area contributed by atoms with Crippen molar-refractivity contribution in [1.82, 2.24) is 4.31 Å². The zero-order chi connectivity index (χ0) is 16.9. The van der Waals surface area contributed by atoms with E-state index in [9.17, 15) is 13.2 Å². The summed E-state index contributed by atoms with van der Waals surface area (Å²) in [6.45, 7) is 2.54. The molecule has 1 heterocycles. The Bertz CT molecular complexity index is 684. The van der Waals surface area contributed by atoms with Crippen molar-refractivity contribution in [2.45, 2.75) is 43.6 Å². The first kappa shape index (κ1) is 17.4. The van der Waals surface area contributed by atoms with Crippen LogP contribution in [0.3, 0.4) is 0 Å². The highest BCUT2D eigenvalue weighted by Gasteiger charge is 2.25. The Kier molecular flexibility index (Phi) is 5.74. The van der Waals surface area contributed by atoms with Gasteiger partial charge >= 0.3 is 5.97 Å². The maximum Gasteiger partial charge on any atom is 0.339 e. The Morgan fingerprint density at radius 3 is 2.26 bits per heavy atom. The summed E-state index contributed by atoms with van der Waals surface area (Å²) in [7, 11) is -3.53. The molecule has 0 aromatic heterocycles. The molecule has 1 saturated heterocycles. The second kappa shape index (κ2) is 7.57. The van der Waals surface area contributed by atoms with Gasteiger partial charge in [0.25, 0.3) is 0 Å². The molecule has 0 bridgehead atoms. The van der Waals surface area contributed by atoms with Gasteiger partial charge in [0.05, 0.1) is 10.5 Å². The average molecular weight is 336 g/mol. The first-order valence-electron chi connectivity index (χ1n) is 7.66. The van der Waals surface area contributed by atoms with E-state index in [1.54, 1.807) is 6.07 Å². The maximum absolute atomic E-state index is 12.6. The predicted molar refractivity (Wildman–Crippen MR) is 84.2 cm³/mol. The molecule has 1 fully saturated rings. The van der Waals surface area contributed by atoms with Crippen LogP contribution in [0.1, 0.15) is 43.0 Å². The van der Waals surface area contributed by atoms with Crippen LogP contribution < -0.4 is 0 Å². The predicted octanol–water partition coefficient (Wildman–Crippen LogP) is 2.32. The Labute approximate surface area is 136 Å². The van der Waals surface area contributed by atoms with E-state index in [1.807, 2.05) is 0 Å². The molecule has 23 heavy (non-hydrogen) atoms. The lowest BCUT2D eigenvalue weighted by atomic mass is 10.2. The topological polar surface area (TPSA) is 87.5 Å². The van der Waals surface area contributed by atoms with Crippen molar-refractivity contribution >= 4 is 16.0 Å². The third kappa shape index (κ3) is 4.30. The largest absolute Gasteiger partial charge is 0.444 e. The number of ether oxygens (including phenoxy) is 1. The second-order valence-corrected chi connectivity index (χ2v) is 7.46. The minimum Gasteiger partial charge on any atom is -0.444 e. The molecule has 6 nitrogen and oxygen atoms in total. The van der Waals surface area contributed by atoms with Gasteiger partial charge in [-0.3, -0.25) is 0 Å². The summed E-state index contributed by atoms with van der Waals surface area (Å²) in [5, 5.41) is 8.64. The summed E-state index contributed by atoms with van der Waals surface area (Å²) in [5.74, 6) is -0.641.